The molecule has 0 amide bonds. The molecule has 0 aromatic heterocycles. The lowest BCUT2D eigenvalue weighted by atomic mass is 9.79. The molecule has 1 atom stereocenters. The molecule has 1 aliphatic rings. The van der Waals surface area contributed by atoms with E-state index in [0.717, 1.165) is 71.9 Å². The third-order valence-electron chi connectivity index (χ3n) is 16.3. The van der Waals surface area contributed by atoms with Crippen molar-refractivity contribution < 1.29 is 0 Å². The highest BCUT2D eigenvalue weighted by atomic mass is 15.2. The second-order valence-corrected chi connectivity index (χ2v) is 20.8. The third-order valence-corrected chi connectivity index (χ3v) is 16.3. The average molecular weight is 1030 g/mol. The Morgan fingerprint density at radius 3 is 1.00 bits per heavy atom. The van der Waals surface area contributed by atoms with E-state index in [4.69, 9.17) is 0 Å². The van der Waals surface area contributed by atoms with Crippen LogP contribution >= 0.6 is 0 Å². The van der Waals surface area contributed by atoms with Crippen LogP contribution < -0.4 is 19.6 Å². The van der Waals surface area contributed by atoms with Crippen molar-refractivity contribution >= 4 is 51.2 Å². The van der Waals surface area contributed by atoms with Crippen molar-refractivity contribution in [3.63, 3.8) is 0 Å². The SMILES string of the molecule is CCC(C)(c1ccc(C(CC)(CC)N(c2ccccc2)c2ccc(-c3ccc(N(C4=CCCC=C4)c4ccccc4)cc3)cc2)cc1)N(c1ccccc1)c1ccc(-c2ccc(N(c3ccccc3)c3ccccc3)cc2)cc1. The molecular formula is C75H70N4. The monoisotopic (exact) mass is 1030 g/mol. The van der Waals surface area contributed by atoms with Gasteiger partial charge in [0.1, 0.15) is 0 Å². The second-order valence-electron chi connectivity index (χ2n) is 20.8. The number of nitrogens with zero attached hydrogens (tertiary/aromatic N) is 4. The lowest BCUT2D eigenvalue weighted by molar-refractivity contribution is 0.402. The van der Waals surface area contributed by atoms with E-state index in [1.54, 1.807) is 0 Å². The molecule has 0 N–H and O–H groups in total. The topological polar surface area (TPSA) is 13.0 Å². The van der Waals surface area contributed by atoms with Gasteiger partial charge in [-0.3, -0.25) is 0 Å². The Morgan fingerprint density at radius 1 is 0.304 bits per heavy atom. The summed E-state index contributed by atoms with van der Waals surface area (Å²) in [5, 5.41) is 0. The van der Waals surface area contributed by atoms with Gasteiger partial charge in [-0.05, 0) is 188 Å². The molecule has 0 fully saturated rings. The third kappa shape index (κ3) is 10.7. The van der Waals surface area contributed by atoms with Crippen LogP contribution in [0.1, 0.15) is 70.9 Å². The molecule has 1 unspecified atom stereocenters. The maximum atomic E-state index is 2.59. The van der Waals surface area contributed by atoms with Gasteiger partial charge in [0.05, 0.1) is 11.1 Å². The first-order chi connectivity index (χ1) is 38.9. The van der Waals surface area contributed by atoms with E-state index in [-0.39, 0.29) is 11.1 Å². The molecule has 0 saturated heterocycles. The van der Waals surface area contributed by atoms with Crippen molar-refractivity contribution in [2.24, 2.45) is 0 Å². The van der Waals surface area contributed by atoms with Crippen LogP contribution in [-0.4, -0.2) is 0 Å². The van der Waals surface area contributed by atoms with Crippen LogP contribution in [0.25, 0.3) is 22.3 Å². The Labute approximate surface area is 469 Å². The van der Waals surface area contributed by atoms with Gasteiger partial charge >= 0.3 is 0 Å². The molecule has 10 aromatic carbocycles. The van der Waals surface area contributed by atoms with Crippen molar-refractivity contribution in [3.8, 4) is 22.3 Å². The van der Waals surface area contributed by atoms with E-state index in [1.165, 1.54) is 50.5 Å². The smallest absolute Gasteiger partial charge is 0.0697 e. The van der Waals surface area contributed by atoms with Gasteiger partial charge in [-0.2, -0.15) is 0 Å². The number of benzene rings is 10. The van der Waals surface area contributed by atoms with Gasteiger partial charge in [0.25, 0.3) is 0 Å². The molecule has 1 aliphatic carbocycles. The Bertz CT molecular complexity index is 3540. The summed E-state index contributed by atoms with van der Waals surface area (Å²) in [5.74, 6) is 0. The fourth-order valence-electron chi connectivity index (χ4n) is 11.9. The van der Waals surface area contributed by atoms with E-state index >= 15 is 0 Å². The Kier molecular flexibility index (Phi) is 15.5. The molecule has 0 bridgehead atoms. The van der Waals surface area contributed by atoms with Crippen LogP contribution in [0.3, 0.4) is 0 Å². The second kappa shape index (κ2) is 23.6. The van der Waals surface area contributed by atoms with Crippen LogP contribution in [0.4, 0.5) is 51.2 Å². The number of anilines is 9. The normalized spacial score (nSPS) is 13.0. The van der Waals surface area contributed by atoms with Crippen molar-refractivity contribution in [3.05, 3.63) is 308 Å². The van der Waals surface area contributed by atoms with Crippen molar-refractivity contribution in [1.82, 2.24) is 0 Å². The molecule has 0 radical (unpaired) electrons. The van der Waals surface area contributed by atoms with Gasteiger partial charge in [0.15, 0.2) is 0 Å². The van der Waals surface area contributed by atoms with Crippen LogP contribution in [0, 0.1) is 0 Å². The van der Waals surface area contributed by atoms with Crippen LogP contribution in [0.5, 0.6) is 0 Å². The fraction of sp³-hybridized carbons (Fsp3) is 0.147. The lowest BCUT2D eigenvalue weighted by Gasteiger charge is -2.46. The van der Waals surface area contributed by atoms with Gasteiger partial charge in [0.2, 0.25) is 0 Å². The predicted molar refractivity (Wildman–Crippen MR) is 337 cm³/mol. The Hall–Kier alpha value is -9.12. The molecule has 4 nitrogen and oxygen atoms in total. The first kappa shape index (κ1) is 52.0. The summed E-state index contributed by atoms with van der Waals surface area (Å²) in [7, 11) is 0. The molecule has 79 heavy (non-hydrogen) atoms. The molecule has 0 aliphatic heterocycles. The highest BCUT2D eigenvalue weighted by Crippen LogP contribution is 2.48. The van der Waals surface area contributed by atoms with Crippen molar-refractivity contribution in [2.75, 3.05) is 19.6 Å². The maximum Gasteiger partial charge on any atom is 0.0697 e. The van der Waals surface area contributed by atoms with E-state index in [1.807, 2.05) is 0 Å². The number of hydrogen-bond acceptors (Lipinski definition) is 4. The summed E-state index contributed by atoms with van der Waals surface area (Å²) in [6.45, 7) is 9.40. The van der Waals surface area contributed by atoms with E-state index < -0.39 is 0 Å². The number of rotatable bonds is 19. The summed E-state index contributed by atoms with van der Waals surface area (Å²) in [5.41, 5.74) is 18.1. The van der Waals surface area contributed by atoms with Gasteiger partial charge in [0, 0.05) is 56.9 Å². The number of allylic oxidation sites excluding steroid dienone is 3. The summed E-state index contributed by atoms with van der Waals surface area (Å²) >= 11 is 0. The van der Waals surface area contributed by atoms with Gasteiger partial charge in [-0.25, -0.2) is 0 Å². The zero-order valence-electron chi connectivity index (χ0n) is 46.0. The highest BCUT2D eigenvalue weighted by Gasteiger charge is 2.39. The van der Waals surface area contributed by atoms with Crippen LogP contribution in [0.15, 0.2) is 297 Å². The average Bonchev–Trinajstić information content (AvgIpc) is 3.53. The predicted octanol–water partition coefficient (Wildman–Crippen LogP) is 21.2. The largest absolute Gasteiger partial charge is 0.331 e. The minimum absolute atomic E-state index is 0.330. The zero-order valence-corrected chi connectivity index (χ0v) is 46.0. The van der Waals surface area contributed by atoms with Crippen molar-refractivity contribution in [1.29, 1.82) is 0 Å². The molecule has 0 heterocycles. The quantitative estimate of drug-likeness (QED) is 0.0800. The summed E-state index contributed by atoms with van der Waals surface area (Å²) in [4.78, 5) is 9.79. The Morgan fingerprint density at radius 2 is 0.620 bits per heavy atom. The first-order valence-electron chi connectivity index (χ1n) is 28.3. The molecule has 4 heteroatoms. The maximum absolute atomic E-state index is 2.59. The molecule has 10 aromatic rings. The summed E-state index contributed by atoms with van der Waals surface area (Å²) < 4.78 is 0. The van der Waals surface area contributed by atoms with Crippen molar-refractivity contribution in [2.45, 2.75) is 70.9 Å². The van der Waals surface area contributed by atoms with E-state index in [2.05, 4.69) is 339 Å². The lowest BCUT2D eigenvalue weighted by Crippen LogP contribution is -2.43. The molecular weight excluding hydrogens is 957 g/mol. The zero-order chi connectivity index (χ0) is 54.0. The van der Waals surface area contributed by atoms with E-state index in [0.29, 0.717) is 0 Å². The standard InChI is InChI=1S/C75H70N4/c1-5-74(4,78(70-34-22-12-23-35-70)72-54-42-60(43-55-72)58-38-50-68(51-39-58)76(64-26-14-8-15-27-64)65-28-16-9-17-29-65)62-46-48-63(49-47-62)75(6-2,7-3)79(71-36-24-13-25-37-71)73-56-44-61(45-57-73)59-40-52-69(53-41-59)77(66-30-18-10-19-31-66)67-32-20-11-21-33-67/h8-10,12-20,22-57H,5-7,11,21H2,1-4H3. The fourth-order valence-corrected chi connectivity index (χ4v) is 11.9. The number of hydrogen-bond donors (Lipinski definition) is 0. The molecule has 0 spiro atoms. The van der Waals surface area contributed by atoms with Gasteiger partial charge in [-0.15, -0.1) is 0 Å². The molecule has 390 valence electrons. The number of para-hydroxylation sites is 5. The first-order valence-corrected chi connectivity index (χ1v) is 28.3. The van der Waals surface area contributed by atoms with Gasteiger partial charge < -0.3 is 19.6 Å². The Balaban J connectivity index is 0.883. The van der Waals surface area contributed by atoms with Gasteiger partial charge in [-0.1, -0.05) is 197 Å². The minimum atomic E-state index is -0.375. The molecule has 0 saturated carbocycles. The van der Waals surface area contributed by atoms with E-state index in [9.17, 15) is 0 Å². The van der Waals surface area contributed by atoms with Crippen LogP contribution in [-0.2, 0) is 11.1 Å². The molecule has 11 rings (SSSR count). The summed E-state index contributed by atoms with van der Waals surface area (Å²) in [6.07, 6.45) is 11.7. The van der Waals surface area contributed by atoms with Crippen LogP contribution in [0.2, 0.25) is 0 Å². The summed E-state index contributed by atoms with van der Waals surface area (Å²) in [6, 6.07) is 99.6. The highest BCUT2D eigenvalue weighted by molar-refractivity contribution is 5.80. The minimum Gasteiger partial charge on any atom is -0.331 e.